The largest absolute Gasteiger partial charge is 0.368 e. The second kappa shape index (κ2) is 9.25. The molecular weight excluding hydrogens is 428 g/mol. The maximum Gasteiger partial charge on any atom is 0.242 e. The zero-order valence-electron chi connectivity index (χ0n) is 18.4. The number of hydrogen-bond acceptors (Lipinski definition) is 6. The Labute approximate surface area is 188 Å². The molecule has 0 bridgehead atoms. The molecule has 0 unspecified atom stereocenters. The van der Waals surface area contributed by atoms with Crippen molar-refractivity contribution in [2.45, 2.75) is 24.3 Å². The predicted octanol–water partition coefficient (Wildman–Crippen LogP) is 1.81. The van der Waals surface area contributed by atoms with Crippen LogP contribution in [0.4, 0.5) is 5.69 Å². The van der Waals surface area contributed by atoms with E-state index in [1.165, 1.54) is 30.2 Å². The summed E-state index contributed by atoms with van der Waals surface area (Å²) in [6, 6.07) is 15.1. The first-order chi connectivity index (χ1) is 15.4. The van der Waals surface area contributed by atoms with Crippen LogP contribution < -0.4 is 4.90 Å². The molecule has 1 amide bonds. The molecule has 4 rings (SSSR count). The van der Waals surface area contributed by atoms with E-state index in [4.69, 9.17) is 0 Å². The molecule has 1 saturated heterocycles. The zero-order chi connectivity index (χ0) is 22.7. The van der Waals surface area contributed by atoms with Crippen molar-refractivity contribution in [1.82, 2.24) is 24.2 Å². The Morgan fingerprint density at radius 1 is 1.03 bits per heavy atom. The van der Waals surface area contributed by atoms with Gasteiger partial charge in [0, 0.05) is 58.9 Å². The number of hydrogen-bond donors (Lipinski definition) is 0. The number of amides is 1. The van der Waals surface area contributed by atoms with Crippen LogP contribution in [0.3, 0.4) is 0 Å². The lowest BCUT2D eigenvalue weighted by atomic mass is 10.2. The van der Waals surface area contributed by atoms with Crippen molar-refractivity contribution in [2.24, 2.45) is 0 Å². The van der Waals surface area contributed by atoms with Gasteiger partial charge in [-0.25, -0.2) is 17.4 Å². The number of fused-ring (bicyclic) bond motifs is 1. The first-order valence-electron chi connectivity index (χ1n) is 10.7. The van der Waals surface area contributed by atoms with Gasteiger partial charge in [-0.05, 0) is 36.8 Å². The summed E-state index contributed by atoms with van der Waals surface area (Å²) in [5.41, 5.74) is 2.47. The standard InChI is InChI=1S/C22H28N6O3S/c1-25(2)32(30,31)19-10-11-21-20(17-19)23-24-28(21)12-6-9-22(29)27-15-13-26(14-16-27)18-7-4-3-5-8-18/h3-5,7-8,10-11,17H,6,9,12-16H2,1-2H3. The number of para-hydroxylation sites is 1. The van der Waals surface area contributed by atoms with Gasteiger partial charge in [-0.15, -0.1) is 5.10 Å². The molecule has 0 aliphatic carbocycles. The summed E-state index contributed by atoms with van der Waals surface area (Å²) >= 11 is 0. The SMILES string of the molecule is CN(C)S(=O)(=O)c1ccc2c(c1)nnn2CCCC(=O)N1CCN(c2ccccc2)CC1. The van der Waals surface area contributed by atoms with Crippen molar-refractivity contribution in [2.75, 3.05) is 45.2 Å². The fourth-order valence-electron chi connectivity index (χ4n) is 3.88. The van der Waals surface area contributed by atoms with E-state index in [2.05, 4.69) is 27.3 Å². The summed E-state index contributed by atoms with van der Waals surface area (Å²) in [6.45, 7) is 3.67. The van der Waals surface area contributed by atoms with E-state index in [9.17, 15) is 13.2 Å². The highest BCUT2D eigenvalue weighted by Gasteiger charge is 2.21. The smallest absolute Gasteiger partial charge is 0.242 e. The molecular formula is C22H28N6O3S. The zero-order valence-corrected chi connectivity index (χ0v) is 19.2. The minimum Gasteiger partial charge on any atom is -0.368 e. The number of sulfonamides is 1. The summed E-state index contributed by atoms with van der Waals surface area (Å²) in [6.07, 6.45) is 1.09. The summed E-state index contributed by atoms with van der Waals surface area (Å²) < 4.78 is 27.5. The van der Waals surface area contributed by atoms with Crippen molar-refractivity contribution in [1.29, 1.82) is 0 Å². The highest BCUT2D eigenvalue weighted by molar-refractivity contribution is 7.89. The minimum absolute atomic E-state index is 0.154. The number of carbonyl (C=O) groups excluding carboxylic acids is 1. The molecule has 2 aromatic carbocycles. The average molecular weight is 457 g/mol. The summed E-state index contributed by atoms with van der Waals surface area (Å²) in [5, 5.41) is 8.25. The lowest BCUT2D eigenvalue weighted by Crippen LogP contribution is -2.48. The highest BCUT2D eigenvalue weighted by atomic mass is 32.2. The Kier molecular flexibility index (Phi) is 6.43. The van der Waals surface area contributed by atoms with E-state index in [-0.39, 0.29) is 10.8 Å². The van der Waals surface area contributed by atoms with Gasteiger partial charge in [-0.3, -0.25) is 4.79 Å². The summed E-state index contributed by atoms with van der Waals surface area (Å²) in [7, 11) is -0.529. The molecule has 0 saturated carbocycles. The molecule has 0 spiro atoms. The fourth-order valence-corrected chi connectivity index (χ4v) is 4.80. The Morgan fingerprint density at radius 2 is 1.75 bits per heavy atom. The molecule has 0 radical (unpaired) electrons. The molecule has 3 aromatic rings. The average Bonchev–Trinajstić information content (AvgIpc) is 3.22. The van der Waals surface area contributed by atoms with Crippen LogP contribution >= 0.6 is 0 Å². The minimum atomic E-state index is -3.52. The molecule has 1 fully saturated rings. The lowest BCUT2D eigenvalue weighted by molar-refractivity contribution is -0.131. The number of rotatable bonds is 7. The summed E-state index contributed by atoms with van der Waals surface area (Å²) in [4.78, 5) is 17.1. The molecule has 9 nitrogen and oxygen atoms in total. The van der Waals surface area contributed by atoms with Crippen LogP contribution in [0.2, 0.25) is 0 Å². The van der Waals surface area contributed by atoms with E-state index in [0.29, 0.717) is 24.9 Å². The number of carbonyl (C=O) groups is 1. The maximum atomic E-state index is 12.6. The van der Waals surface area contributed by atoms with Crippen LogP contribution in [-0.4, -0.2) is 78.8 Å². The Balaban J connectivity index is 1.30. The maximum absolute atomic E-state index is 12.6. The van der Waals surface area contributed by atoms with Crippen LogP contribution in [0.1, 0.15) is 12.8 Å². The number of aromatic nitrogens is 3. The molecule has 2 heterocycles. The van der Waals surface area contributed by atoms with Gasteiger partial charge in [-0.2, -0.15) is 0 Å². The number of aryl methyl sites for hydroxylation is 1. The molecule has 1 aliphatic rings. The van der Waals surface area contributed by atoms with Gasteiger partial charge in [-0.1, -0.05) is 23.4 Å². The van der Waals surface area contributed by atoms with Gasteiger partial charge >= 0.3 is 0 Å². The van der Waals surface area contributed by atoms with Gasteiger partial charge in [0.2, 0.25) is 15.9 Å². The Hall–Kier alpha value is -2.98. The van der Waals surface area contributed by atoms with Gasteiger partial charge in [0.15, 0.2) is 0 Å². The van der Waals surface area contributed by atoms with Crippen LogP contribution in [-0.2, 0) is 21.4 Å². The molecule has 0 atom stereocenters. The number of nitrogens with zero attached hydrogens (tertiary/aromatic N) is 6. The lowest BCUT2D eigenvalue weighted by Gasteiger charge is -2.36. The van der Waals surface area contributed by atoms with E-state index >= 15 is 0 Å². The number of piperazine rings is 1. The second-order valence-electron chi connectivity index (χ2n) is 8.06. The predicted molar refractivity (Wildman–Crippen MR) is 123 cm³/mol. The molecule has 32 heavy (non-hydrogen) atoms. The van der Waals surface area contributed by atoms with Crippen LogP contribution in [0, 0.1) is 0 Å². The van der Waals surface area contributed by atoms with Gasteiger partial charge in [0.1, 0.15) is 5.52 Å². The first-order valence-corrected chi connectivity index (χ1v) is 12.1. The van der Waals surface area contributed by atoms with E-state index in [0.717, 1.165) is 31.7 Å². The van der Waals surface area contributed by atoms with Crippen molar-refractivity contribution in [3.63, 3.8) is 0 Å². The van der Waals surface area contributed by atoms with Crippen molar-refractivity contribution >= 4 is 32.7 Å². The Bertz CT molecular complexity index is 1180. The first kappa shape index (κ1) is 22.2. The van der Waals surface area contributed by atoms with E-state index in [1.54, 1.807) is 16.8 Å². The van der Waals surface area contributed by atoms with Crippen LogP contribution in [0.15, 0.2) is 53.4 Å². The molecule has 10 heteroatoms. The van der Waals surface area contributed by atoms with Crippen molar-refractivity contribution in [3.8, 4) is 0 Å². The van der Waals surface area contributed by atoms with Crippen LogP contribution in [0.5, 0.6) is 0 Å². The van der Waals surface area contributed by atoms with Crippen molar-refractivity contribution in [3.05, 3.63) is 48.5 Å². The third-order valence-corrected chi connectivity index (χ3v) is 7.59. The van der Waals surface area contributed by atoms with Gasteiger partial charge in [0.25, 0.3) is 0 Å². The quantitative estimate of drug-likeness (QED) is 0.539. The highest BCUT2D eigenvalue weighted by Crippen LogP contribution is 2.20. The molecule has 1 aromatic heterocycles. The third kappa shape index (κ3) is 4.61. The Morgan fingerprint density at radius 3 is 2.44 bits per heavy atom. The third-order valence-electron chi connectivity index (χ3n) is 5.78. The van der Waals surface area contributed by atoms with E-state index in [1.807, 2.05) is 23.1 Å². The molecule has 170 valence electrons. The van der Waals surface area contributed by atoms with E-state index < -0.39 is 10.0 Å². The number of anilines is 1. The second-order valence-corrected chi connectivity index (χ2v) is 10.2. The summed E-state index contributed by atoms with van der Waals surface area (Å²) in [5.74, 6) is 0.154. The topological polar surface area (TPSA) is 91.6 Å². The fraction of sp³-hybridized carbons (Fsp3) is 0.409. The van der Waals surface area contributed by atoms with Crippen molar-refractivity contribution < 1.29 is 13.2 Å². The molecule has 1 aliphatic heterocycles. The normalized spacial score (nSPS) is 15.0. The monoisotopic (exact) mass is 456 g/mol. The number of benzene rings is 2. The van der Waals surface area contributed by atoms with Crippen LogP contribution in [0.25, 0.3) is 11.0 Å². The molecule has 0 N–H and O–H groups in total. The van der Waals surface area contributed by atoms with Gasteiger partial charge in [0.05, 0.1) is 10.4 Å². The van der Waals surface area contributed by atoms with Gasteiger partial charge < -0.3 is 9.80 Å².